The van der Waals surface area contributed by atoms with E-state index in [9.17, 15) is 0 Å². The van der Waals surface area contributed by atoms with E-state index in [0.29, 0.717) is 0 Å². The van der Waals surface area contributed by atoms with E-state index >= 15 is 0 Å². The van der Waals surface area contributed by atoms with E-state index in [1.54, 1.807) is 0 Å². The molecule has 0 unspecified atom stereocenters. The van der Waals surface area contributed by atoms with Crippen LogP contribution in [0.25, 0.3) is 116 Å². The first-order valence-corrected chi connectivity index (χ1v) is 28.4. The minimum atomic E-state index is -0.108. The van der Waals surface area contributed by atoms with Gasteiger partial charge in [0, 0.05) is 71.8 Å². The van der Waals surface area contributed by atoms with Gasteiger partial charge in [0.15, 0.2) is 0 Å². The lowest BCUT2D eigenvalue weighted by Crippen LogP contribution is -2.60. The van der Waals surface area contributed by atoms with Crippen LogP contribution < -0.4 is 21.3 Å². The summed E-state index contributed by atoms with van der Waals surface area (Å²) >= 11 is 0. The molecule has 0 amide bonds. The molecule has 81 heavy (non-hydrogen) atoms. The zero-order chi connectivity index (χ0) is 53.7. The molecule has 12 aromatic carbocycles. The van der Waals surface area contributed by atoms with E-state index in [0.717, 1.165) is 17.1 Å². The van der Waals surface area contributed by atoms with Crippen molar-refractivity contribution in [2.45, 2.75) is 26.2 Å². The molecule has 5 heterocycles. The number of nitrogens with zero attached hydrogens (tertiary/aromatic N) is 4. The summed E-state index contributed by atoms with van der Waals surface area (Å²) in [6.45, 7) is 6.79. The van der Waals surface area contributed by atoms with Gasteiger partial charge in [-0.05, 0) is 140 Å². The van der Waals surface area contributed by atoms with E-state index in [-0.39, 0.29) is 12.1 Å². The average molecular weight is 1030 g/mol. The molecule has 0 atom stereocenters. The molecule has 0 saturated heterocycles. The van der Waals surface area contributed by atoms with Crippen LogP contribution in [-0.4, -0.2) is 20.4 Å². The van der Waals surface area contributed by atoms with Gasteiger partial charge in [-0.2, -0.15) is 0 Å². The number of rotatable bonds is 6. The number of fused-ring (bicyclic) bond motifs is 13. The SMILES string of the molecule is CC(C)(C)c1ccc(-c2cc3c4c(c2)-n2c5cc6c7ccccc7n(-c7ccccc7)c6cc5c5cccc(c52)B4c2cc4c(cc2N3c2ccccc2-c2ccccc2)c2cc(-c3ccccc3)ccc2n4-c2ccccc2)cc1. The second kappa shape index (κ2) is 17.2. The average Bonchev–Trinajstić information content (AvgIpc) is 4.38. The summed E-state index contributed by atoms with van der Waals surface area (Å²) in [5, 5.41) is 7.42. The molecule has 0 N–H and O–H groups in total. The van der Waals surface area contributed by atoms with Gasteiger partial charge in [0.1, 0.15) is 0 Å². The van der Waals surface area contributed by atoms with Crippen molar-refractivity contribution in [2.75, 3.05) is 4.90 Å². The summed E-state index contributed by atoms with van der Waals surface area (Å²) in [6, 6.07) is 100. The molecular weight excluding hydrogens is 980 g/mol. The van der Waals surface area contributed by atoms with Crippen LogP contribution >= 0.6 is 0 Å². The molecule has 15 aromatic rings. The molecule has 380 valence electrons. The van der Waals surface area contributed by atoms with Crippen LogP contribution in [0.2, 0.25) is 0 Å². The van der Waals surface area contributed by atoms with Crippen molar-refractivity contribution in [1.82, 2.24) is 13.7 Å². The van der Waals surface area contributed by atoms with Crippen LogP contribution in [0.15, 0.2) is 267 Å². The van der Waals surface area contributed by atoms with Gasteiger partial charge in [-0.15, -0.1) is 0 Å². The van der Waals surface area contributed by atoms with Crippen molar-refractivity contribution >= 4 is 106 Å². The lowest BCUT2D eigenvalue weighted by molar-refractivity contribution is 0.590. The third-order valence-corrected chi connectivity index (χ3v) is 17.7. The Labute approximate surface area is 470 Å². The van der Waals surface area contributed by atoms with E-state index < -0.39 is 0 Å². The summed E-state index contributed by atoms with van der Waals surface area (Å²) < 4.78 is 7.60. The fourth-order valence-electron chi connectivity index (χ4n) is 14.1. The first kappa shape index (κ1) is 45.9. The Kier molecular flexibility index (Phi) is 9.74. The lowest BCUT2D eigenvalue weighted by atomic mass is 9.33. The summed E-state index contributed by atoms with van der Waals surface area (Å²) in [5.74, 6) is 0. The number of aromatic nitrogens is 3. The van der Waals surface area contributed by atoms with Gasteiger partial charge >= 0.3 is 0 Å². The lowest BCUT2D eigenvalue weighted by Gasteiger charge is -2.41. The Morgan fingerprint density at radius 3 is 1.54 bits per heavy atom. The summed E-state index contributed by atoms with van der Waals surface area (Å²) in [7, 11) is 0. The molecule has 2 aliphatic heterocycles. The number of hydrogen-bond donors (Lipinski definition) is 0. The summed E-state index contributed by atoms with van der Waals surface area (Å²) in [6.07, 6.45) is 0. The Morgan fingerprint density at radius 2 is 0.827 bits per heavy atom. The third kappa shape index (κ3) is 6.73. The summed E-state index contributed by atoms with van der Waals surface area (Å²) in [5.41, 5.74) is 26.6. The summed E-state index contributed by atoms with van der Waals surface area (Å²) in [4.78, 5) is 2.63. The standard InChI is InChI=1S/C76H53BN4/c1-76(2,3)53-38-35-49(36-39-53)52-42-72-74-73(43-52)81-69-44-60-57-30-17-19-34-66(57)78(54-25-12-6-13-26-54)68(60)45-61(69)58-31-20-32-63(75(58)81)77(74)64-47-70-62(46-71(64)80(72)65-33-18-16-29-56(65)50-23-10-5-11-24-50)59-41-51(48-21-8-4-9-22-48)37-40-67(59)79(70)55-27-14-7-15-28-55/h4-47H,1-3H3. The van der Waals surface area contributed by atoms with Crippen LogP contribution in [0.3, 0.4) is 0 Å². The molecular formula is C76H53BN4. The van der Waals surface area contributed by atoms with Crippen molar-refractivity contribution in [3.05, 3.63) is 272 Å². The second-order valence-corrected chi connectivity index (χ2v) is 23.3. The predicted molar refractivity (Wildman–Crippen MR) is 344 cm³/mol. The smallest absolute Gasteiger partial charge is 0.252 e. The number of benzene rings is 12. The fourth-order valence-corrected chi connectivity index (χ4v) is 14.1. The van der Waals surface area contributed by atoms with Crippen LogP contribution in [0.1, 0.15) is 26.3 Å². The molecule has 0 spiro atoms. The van der Waals surface area contributed by atoms with E-state index in [4.69, 9.17) is 0 Å². The Hall–Kier alpha value is -10.1. The Balaban J connectivity index is 1.04. The van der Waals surface area contributed by atoms with Crippen LogP contribution in [0, 0.1) is 0 Å². The number of anilines is 3. The molecule has 0 saturated carbocycles. The molecule has 17 rings (SSSR count). The predicted octanol–water partition coefficient (Wildman–Crippen LogP) is 17.9. The minimum Gasteiger partial charge on any atom is -0.311 e. The molecule has 0 fully saturated rings. The Morgan fingerprint density at radius 1 is 0.296 bits per heavy atom. The zero-order valence-electron chi connectivity index (χ0n) is 45.3. The van der Waals surface area contributed by atoms with Gasteiger partial charge in [0.2, 0.25) is 0 Å². The monoisotopic (exact) mass is 1030 g/mol. The maximum atomic E-state index is 2.65. The highest BCUT2D eigenvalue weighted by Gasteiger charge is 2.43. The van der Waals surface area contributed by atoms with Gasteiger partial charge in [0.05, 0.1) is 33.3 Å². The van der Waals surface area contributed by atoms with Gasteiger partial charge in [0.25, 0.3) is 6.71 Å². The topological polar surface area (TPSA) is 18.0 Å². The van der Waals surface area contributed by atoms with Gasteiger partial charge in [-0.3, -0.25) is 0 Å². The molecule has 0 bridgehead atoms. The van der Waals surface area contributed by atoms with Gasteiger partial charge in [-0.25, -0.2) is 0 Å². The highest BCUT2D eigenvalue weighted by molar-refractivity contribution is 7.00. The van der Waals surface area contributed by atoms with Gasteiger partial charge < -0.3 is 18.6 Å². The maximum Gasteiger partial charge on any atom is 0.252 e. The van der Waals surface area contributed by atoms with Crippen LogP contribution in [-0.2, 0) is 5.41 Å². The van der Waals surface area contributed by atoms with Crippen LogP contribution in [0.5, 0.6) is 0 Å². The second-order valence-electron chi connectivity index (χ2n) is 23.3. The maximum absolute atomic E-state index is 2.65. The Bertz CT molecular complexity index is 5060. The largest absolute Gasteiger partial charge is 0.311 e. The highest BCUT2D eigenvalue weighted by Crippen LogP contribution is 2.49. The molecule has 4 nitrogen and oxygen atoms in total. The molecule has 0 aliphatic carbocycles. The molecule has 3 aromatic heterocycles. The van der Waals surface area contributed by atoms with Gasteiger partial charge in [-0.1, -0.05) is 203 Å². The van der Waals surface area contributed by atoms with Crippen molar-refractivity contribution in [3.8, 4) is 50.4 Å². The molecule has 0 radical (unpaired) electrons. The highest BCUT2D eigenvalue weighted by atomic mass is 15.2. The van der Waals surface area contributed by atoms with Crippen molar-refractivity contribution < 1.29 is 0 Å². The van der Waals surface area contributed by atoms with E-state index in [2.05, 4.69) is 306 Å². The molecule has 5 heteroatoms. The van der Waals surface area contributed by atoms with E-state index in [1.807, 2.05) is 0 Å². The zero-order valence-corrected chi connectivity index (χ0v) is 45.3. The van der Waals surface area contributed by atoms with Crippen LogP contribution in [0.4, 0.5) is 17.1 Å². The third-order valence-electron chi connectivity index (χ3n) is 17.7. The quantitative estimate of drug-likeness (QED) is 0.152. The van der Waals surface area contributed by atoms with Crippen molar-refractivity contribution in [2.24, 2.45) is 0 Å². The minimum absolute atomic E-state index is 0.0143. The first-order chi connectivity index (χ1) is 39.8. The first-order valence-electron chi connectivity index (χ1n) is 28.4. The van der Waals surface area contributed by atoms with Crippen molar-refractivity contribution in [3.63, 3.8) is 0 Å². The van der Waals surface area contributed by atoms with Crippen molar-refractivity contribution in [1.29, 1.82) is 0 Å². The fraction of sp³-hybridized carbons (Fsp3) is 0.0526. The number of hydrogen-bond acceptors (Lipinski definition) is 1. The number of para-hydroxylation sites is 5. The van der Waals surface area contributed by atoms with E-state index in [1.165, 1.54) is 138 Å². The molecule has 2 aliphatic rings. The normalized spacial score (nSPS) is 12.8.